The van der Waals surface area contributed by atoms with Gasteiger partial charge in [-0.15, -0.1) is 0 Å². The van der Waals surface area contributed by atoms with Crippen molar-refractivity contribution < 1.29 is 0 Å². The molecule has 0 saturated carbocycles. The normalized spacial score (nSPS) is 12.6. The Morgan fingerprint density at radius 1 is 1.44 bits per heavy atom. The molecule has 0 fully saturated rings. The summed E-state index contributed by atoms with van der Waals surface area (Å²) in [5, 5.41) is 5.01. The Hall–Kier alpha value is -1.36. The first kappa shape index (κ1) is 13.1. The van der Waals surface area contributed by atoms with E-state index < -0.39 is 0 Å². The maximum Gasteiger partial charge on any atom is 0.0741 e. The summed E-state index contributed by atoms with van der Waals surface area (Å²) in [4.78, 5) is 0. The van der Waals surface area contributed by atoms with Gasteiger partial charge < -0.3 is 0 Å². The van der Waals surface area contributed by atoms with Gasteiger partial charge in [0.15, 0.2) is 0 Å². The van der Waals surface area contributed by atoms with Gasteiger partial charge in [0.2, 0.25) is 0 Å². The lowest BCUT2D eigenvalue weighted by atomic mass is 10.0. The molecule has 2 aromatic rings. The van der Waals surface area contributed by atoms with Gasteiger partial charge in [-0.1, -0.05) is 30.7 Å². The quantitative estimate of drug-likeness (QED) is 0.644. The third-order valence-corrected chi connectivity index (χ3v) is 3.02. The van der Waals surface area contributed by atoms with Crippen LogP contribution in [0.3, 0.4) is 0 Å². The van der Waals surface area contributed by atoms with Crippen LogP contribution in [0.15, 0.2) is 36.7 Å². The van der Waals surface area contributed by atoms with Crippen molar-refractivity contribution in [2.45, 2.75) is 25.9 Å². The Morgan fingerprint density at radius 3 is 2.94 bits per heavy atom. The highest BCUT2D eigenvalue weighted by Crippen LogP contribution is 2.23. The second-order valence-corrected chi connectivity index (χ2v) is 4.63. The maximum absolute atomic E-state index is 6.00. The molecule has 2 rings (SSSR count). The number of nitrogens with two attached hydrogens (primary N) is 1. The number of aromatic nitrogens is 2. The molecule has 1 unspecified atom stereocenters. The van der Waals surface area contributed by atoms with Crippen molar-refractivity contribution in [3.05, 3.63) is 52.8 Å². The van der Waals surface area contributed by atoms with Gasteiger partial charge in [-0.05, 0) is 24.1 Å². The van der Waals surface area contributed by atoms with Crippen LogP contribution in [0, 0.1) is 0 Å². The molecule has 1 aromatic carbocycles. The summed E-state index contributed by atoms with van der Waals surface area (Å²) in [7, 11) is 0. The summed E-state index contributed by atoms with van der Waals surface area (Å²) < 4.78 is 1.92. The molecule has 0 aliphatic rings. The first-order chi connectivity index (χ1) is 8.74. The van der Waals surface area contributed by atoms with E-state index >= 15 is 0 Å². The van der Waals surface area contributed by atoms with Crippen LogP contribution < -0.4 is 11.3 Å². The first-order valence-electron chi connectivity index (χ1n) is 5.98. The van der Waals surface area contributed by atoms with Crippen molar-refractivity contribution in [2.75, 3.05) is 0 Å². The second kappa shape index (κ2) is 6.00. The van der Waals surface area contributed by atoms with Gasteiger partial charge in [-0.25, -0.2) is 5.43 Å². The number of nitrogens with one attached hydrogen (secondary N) is 1. The second-order valence-electron chi connectivity index (χ2n) is 4.19. The summed E-state index contributed by atoms with van der Waals surface area (Å²) in [5.41, 5.74) is 4.87. The van der Waals surface area contributed by atoms with E-state index in [1.165, 1.54) is 0 Å². The monoisotopic (exact) mass is 264 g/mol. The molecule has 5 heteroatoms. The van der Waals surface area contributed by atoms with E-state index in [1.807, 2.05) is 41.3 Å². The van der Waals surface area contributed by atoms with Crippen LogP contribution in [-0.2, 0) is 6.54 Å². The van der Waals surface area contributed by atoms with Gasteiger partial charge in [-0.2, -0.15) is 5.10 Å². The molecule has 0 spiro atoms. The van der Waals surface area contributed by atoms with E-state index in [-0.39, 0.29) is 6.04 Å². The molecule has 0 radical (unpaired) electrons. The van der Waals surface area contributed by atoms with Crippen LogP contribution in [-0.4, -0.2) is 9.78 Å². The van der Waals surface area contributed by atoms with Crippen LogP contribution in [0.2, 0.25) is 5.02 Å². The molecular weight excluding hydrogens is 248 g/mol. The van der Waals surface area contributed by atoms with E-state index in [9.17, 15) is 0 Å². The van der Waals surface area contributed by atoms with Crippen LogP contribution in [0.5, 0.6) is 0 Å². The average molecular weight is 265 g/mol. The summed E-state index contributed by atoms with van der Waals surface area (Å²) >= 11 is 6.00. The van der Waals surface area contributed by atoms with E-state index in [0.717, 1.165) is 24.1 Å². The molecule has 18 heavy (non-hydrogen) atoms. The Kier molecular flexibility index (Phi) is 4.36. The SMILES string of the molecule is CCCn1cc(C(NN)c2cccc(Cl)c2)cn1. The zero-order valence-electron chi connectivity index (χ0n) is 10.3. The molecule has 0 saturated heterocycles. The van der Waals surface area contributed by atoms with Crippen molar-refractivity contribution in [3.63, 3.8) is 0 Å². The van der Waals surface area contributed by atoms with Gasteiger partial charge in [0.1, 0.15) is 0 Å². The number of hydrazine groups is 1. The van der Waals surface area contributed by atoms with Crippen LogP contribution in [0.4, 0.5) is 0 Å². The summed E-state index contributed by atoms with van der Waals surface area (Å²) in [6.07, 6.45) is 4.90. The van der Waals surface area contributed by atoms with E-state index in [1.54, 1.807) is 0 Å². The third-order valence-electron chi connectivity index (χ3n) is 2.79. The van der Waals surface area contributed by atoms with Crippen molar-refractivity contribution in [1.82, 2.24) is 15.2 Å². The fourth-order valence-corrected chi connectivity index (χ4v) is 2.15. The standard InChI is InChI=1S/C13H17ClN4/c1-2-6-18-9-11(8-16-18)13(17-15)10-4-3-5-12(14)7-10/h3-5,7-9,13,17H,2,6,15H2,1H3. The minimum Gasteiger partial charge on any atom is -0.272 e. The summed E-state index contributed by atoms with van der Waals surface area (Å²) in [6, 6.07) is 7.57. The summed E-state index contributed by atoms with van der Waals surface area (Å²) in [5.74, 6) is 5.64. The molecule has 1 heterocycles. The van der Waals surface area contributed by atoms with Gasteiger partial charge in [0, 0.05) is 23.3 Å². The van der Waals surface area contributed by atoms with E-state index in [0.29, 0.717) is 5.02 Å². The maximum atomic E-state index is 6.00. The third kappa shape index (κ3) is 2.90. The predicted octanol–water partition coefficient (Wildman–Crippen LogP) is 2.50. The van der Waals surface area contributed by atoms with Gasteiger partial charge in [-0.3, -0.25) is 10.5 Å². The molecule has 96 valence electrons. The Bertz CT molecular complexity index is 509. The van der Waals surface area contributed by atoms with Crippen LogP contribution >= 0.6 is 11.6 Å². The molecule has 0 bridgehead atoms. The average Bonchev–Trinajstić information content (AvgIpc) is 2.79. The number of hydrogen-bond donors (Lipinski definition) is 2. The van der Waals surface area contributed by atoms with Crippen molar-refractivity contribution >= 4 is 11.6 Å². The van der Waals surface area contributed by atoms with Crippen LogP contribution in [0.25, 0.3) is 0 Å². The van der Waals surface area contributed by atoms with Crippen molar-refractivity contribution in [1.29, 1.82) is 0 Å². The minimum atomic E-state index is -0.0886. The van der Waals surface area contributed by atoms with Crippen LogP contribution in [0.1, 0.15) is 30.5 Å². The number of aryl methyl sites for hydroxylation is 1. The Labute approximate surface area is 112 Å². The number of nitrogens with zero attached hydrogens (tertiary/aromatic N) is 2. The lowest BCUT2D eigenvalue weighted by Crippen LogP contribution is -2.28. The number of benzene rings is 1. The Morgan fingerprint density at radius 2 is 2.28 bits per heavy atom. The highest BCUT2D eigenvalue weighted by atomic mass is 35.5. The van der Waals surface area contributed by atoms with Gasteiger partial charge in [0.05, 0.1) is 12.2 Å². The zero-order valence-corrected chi connectivity index (χ0v) is 11.1. The van der Waals surface area contributed by atoms with E-state index in [2.05, 4.69) is 17.4 Å². The lowest BCUT2D eigenvalue weighted by molar-refractivity contribution is 0.598. The Balaban J connectivity index is 2.27. The van der Waals surface area contributed by atoms with Gasteiger partial charge >= 0.3 is 0 Å². The highest BCUT2D eigenvalue weighted by molar-refractivity contribution is 6.30. The highest BCUT2D eigenvalue weighted by Gasteiger charge is 2.14. The molecule has 4 nitrogen and oxygen atoms in total. The van der Waals surface area contributed by atoms with Gasteiger partial charge in [0.25, 0.3) is 0 Å². The minimum absolute atomic E-state index is 0.0886. The molecule has 3 N–H and O–H groups in total. The molecule has 1 atom stereocenters. The number of hydrogen-bond acceptors (Lipinski definition) is 3. The van der Waals surface area contributed by atoms with Crippen molar-refractivity contribution in [3.8, 4) is 0 Å². The lowest BCUT2D eigenvalue weighted by Gasteiger charge is -2.14. The largest absolute Gasteiger partial charge is 0.272 e. The molecule has 0 aliphatic heterocycles. The summed E-state index contributed by atoms with van der Waals surface area (Å²) in [6.45, 7) is 3.03. The number of rotatable bonds is 5. The molecule has 0 aliphatic carbocycles. The topological polar surface area (TPSA) is 55.9 Å². The predicted molar refractivity (Wildman–Crippen MR) is 73.1 cm³/mol. The zero-order chi connectivity index (χ0) is 13.0. The smallest absolute Gasteiger partial charge is 0.0741 e. The molecule has 1 aromatic heterocycles. The van der Waals surface area contributed by atoms with E-state index in [4.69, 9.17) is 17.4 Å². The fourth-order valence-electron chi connectivity index (χ4n) is 1.95. The molecular formula is C13H17ClN4. The fraction of sp³-hybridized carbons (Fsp3) is 0.308. The molecule has 0 amide bonds. The van der Waals surface area contributed by atoms with Crippen molar-refractivity contribution in [2.24, 2.45) is 5.84 Å². The number of halogens is 1. The first-order valence-corrected chi connectivity index (χ1v) is 6.36.